The van der Waals surface area contributed by atoms with Gasteiger partial charge < -0.3 is 24.7 Å². The Morgan fingerprint density at radius 2 is 1.45 bits per heavy atom. The second-order valence-electron chi connectivity index (χ2n) is 8.08. The maximum Gasteiger partial charge on any atom is 0.227 e. The van der Waals surface area contributed by atoms with E-state index in [9.17, 15) is 14.7 Å². The Hall–Kier alpha value is -2.80. The summed E-state index contributed by atoms with van der Waals surface area (Å²) in [4.78, 5) is 32.5. The van der Waals surface area contributed by atoms with E-state index in [1.165, 1.54) is 6.08 Å². The summed E-state index contributed by atoms with van der Waals surface area (Å²) < 4.78 is 0. The zero-order valence-corrected chi connectivity index (χ0v) is 17.3. The van der Waals surface area contributed by atoms with E-state index in [-0.39, 0.29) is 17.6 Å². The van der Waals surface area contributed by atoms with E-state index in [0.29, 0.717) is 22.8 Å². The number of hydrogen-bond acceptors (Lipinski definition) is 7. The van der Waals surface area contributed by atoms with Crippen LogP contribution in [-0.2, 0) is 9.59 Å². The molecule has 0 aromatic heterocycles. The number of nitrogens with zero attached hydrogens (tertiary/aromatic N) is 4. The Morgan fingerprint density at radius 1 is 0.897 bits per heavy atom. The maximum atomic E-state index is 12.4. The van der Waals surface area contributed by atoms with Crippen LogP contribution in [0.15, 0.2) is 47.4 Å². The lowest BCUT2D eigenvalue weighted by molar-refractivity contribution is -0.117. The third-order valence-corrected chi connectivity index (χ3v) is 5.65. The van der Waals surface area contributed by atoms with Gasteiger partial charge in [-0.2, -0.15) is 0 Å². The van der Waals surface area contributed by atoms with Gasteiger partial charge in [0, 0.05) is 56.9 Å². The molecule has 4 aliphatic rings. The van der Waals surface area contributed by atoms with Crippen molar-refractivity contribution in [2.24, 2.45) is 0 Å². The summed E-state index contributed by atoms with van der Waals surface area (Å²) in [5.41, 5.74) is 2.86. The molecule has 0 amide bonds. The quantitative estimate of drug-likeness (QED) is 0.592. The highest BCUT2D eigenvalue weighted by Crippen LogP contribution is 2.34. The molecule has 1 N–H and O–H groups in total. The summed E-state index contributed by atoms with van der Waals surface area (Å²) in [6.45, 7) is 7.47. The number of carbonyl (C=O) groups is 2. The van der Waals surface area contributed by atoms with Gasteiger partial charge in [-0.1, -0.05) is 18.2 Å². The van der Waals surface area contributed by atoms with Crippen LogP contribution in [0.1, 0.15) is 18.5 Å². The van der Waals surface area contributed by atoms with E-state index in [0.717, 1.165) is 44.8 Å². The van der Waals surface area contributed by atoms with E-state index in [4.69, 9.17) is 0 Å². The summed E-state index contributed by atoms with van der Waals surface area (Å²) in [5.74, 6) is 0.422. The smallest absolute Gasteiger partial charge is 0.227 e. The topological polar surface area (TPSA) is 66.6 Å². The molecular weight excluding hydrogens is 368 g/mol. The fourth-order valence-corrected chi connectivity index (χ4v) is 3.39. The summed E-state index contributed by atoms with van der Waals surface area (Å²) in [5, 5.41) is 9.50. The molecule has 29 heavy (non-hydrogen) atoms. The number of benzene rings is 1. The minimum Gasteiger partial charge on any atom is -0.508 e. The van der Waals surface area contributed by atoms with Crippen molar-refractivity contribution < 1.29 is 14.7 Å². The molecule has 1 aliphatic carbocycles. The van der Waals surface area contributed by atoms with Gasteiger partial charge in [0.1, 0.15) is 17.1 Å². The number of ketones is 2. The molecule has 7 nitrogen and oxygen atoms in total. The molecular formula is C22H28N4O3. The van der Waals surface area contributed by atoms with Gasteiger partial charge in [0.25, 0.3) is 0 Å². The molecule has 1 aromatic rings. The van der Waals surface area contributed by atoms with Gasteiger partial charge in [0.2, 0.25) is 11.6 Å². The number of phenolic OH excluding ortho intramolecular Hbond substituents is 1. The summed E-state index contributed by atoms with van der Waals surface area (Å²) in [6.07, 6.45) is 1.52. The second-order valence-corrected chi connectivity index (χ2v) is 8.08. The SMILES string of the molecule is CC(c1ccccc1O)N(C)C.O=C1C=C(N2CC2)C(=O)C(N2CC2)=C1N1CC1. The van der Waals surface area contributed by atoms with Gasteiger partial charge in [0.15, 0.2) is 0 Å². The monoisotopic (exact) mass is 396 g/mol. The largest absolute Gasteiger partial charge is 0.508 e. The Balaban J connectivity index is 0.000000152. The number of Topliss-reactive ketones (excluding diaryl/α,β-unsaturated/α-hetero) is 1. The van der Waals surface area contributed by atoms with Gasteiger partial charge >= 0.3 is 0 Å². The molecule has 3 fully saturated rings. The predicted molar refractivity (Wildman–Crippen MR) is 110 cm³/mol. The average molecular weight is 396 g/mol. The van der Waals surface area contributed by atoms with Crippen LogP contribution in [0.3, 0.4) is 0 Å². The van der Waals surface area contributed by atoms with Crippen molar-refractivity contribution in [2.45, 2.75) is 13.0 Å². The molecule has 3 aliphatic heterocycles. The number of hydrogen-bond donors (Lipinski definition) is 1. The molecule has 3 heterocycles. The van der Waals surface area contributed by atoms with Crippen LogP contribution in [-0.4, -0.2) is 89.6 Å². The van der Waals surface area contributed by atoms with Crippen LogP contribution in [0.2, 0.25) is 0 Å². The predicted octanol–water partition coefficient (Wildman–Crippen LogP) is 1.20. The molecule has 0 radical (unpaired) electrons. The molecule has 0 saturated carbocycles. The molecule has 1 atom stereocenters. The molecule has 7 heteroatoms. The summed E-state index contributed by atoms with van der Waals surface area (Å²) >= 11 is 0. The van der Waals surface area contributed by atoms with Gasteiger partial charge in [0.05, 0.1) is 5.70 Å². The van der Waals surface area contributed by atoms with Gasteiger partial charge in [-0.25, -0.2) is 0 Å². The third kappa shape index (κ3) is 4.15. The number of rotatable bonds is 5. The minimum absolute atomic E-state index is 0.00546. The Labute approximate surface area is 171 Å². The second kappa shape index (κ2) is 7.55. The first-order valence-electron chi connectivity index (χ1n) is 10.1. The number of carbonyl (C=O) groups excluding carboxylic acids is 2. The highest BCUT2D eigenvalue weighted by molar-refractivity contribution is 6.22. The number of allylic oxidation sites excluding steroid dienone is 1. The van der Waals surface area contributed by atoms with Crippen molar-refractivity contribution in [2.75, 3.05) is 53.4 Å². The van der Waals surface area contributed by atoms with Gasteiger partial charge in [-0.15, -0.1) is 0 Å². The fourth-order valence-electron chi connectivity index (χ4n) is 3.39. The lowest BCUT2D eigenvalue weighted by Gasteiger charge is -2.21. The van der Waals surface area contributed by atoms with Crippen molar-refractivity contribution in [3.63, 3.8) is 0 Å². The average Bonchev–Trinajstić information content (AvgIpc) is 3.56. The Kier molecular flexibility index (Phi) is 5.08. The molecule has 154 valence electrons. The minimum atomic E-state index is 0.00546. The number of aromatic hydroxyl groups is 1. The molecule has 1 unspecified atom stereocenters. The van der Waals surface area contributed by atoms with Crippen molar-refractivity contribution in [1.29, 1.82) is 0 Å². The van der Waals surface area contributed by atoms with E-state index in [1.54, 1.807) is 6.07 Å². The number of phenols is 1. The molecule has 3 saturated heterocycles. The van der Waals surface area contributed by atoms with Gasteiger partial charge in [-0.3, -0.25) is 9.59 Å². The first-order chi connectivity index (χ1) is 13.9. The van der Waals surface area contributed by atoms with Crippen molar-refractivity contribution in [3.05, 3.63) is 53.0 Å². The Morgan fingerprint density at radius 3 is 1.97 bits per heavy atom. The normalized spacial score (nSPS) is 21.1. The van der Waals surface area contributed by atoms with Crippen LogP contribution < -0.4 is 0 Å². The van der Waals surface area contributed by atoms with Crippen molar-refractivity contribution in [1.82, 2.24) is 19.6 Å². The zero-order valence-electron chi connectivity index (χ0n) is 17.3. The first-order valence-corrected chi connectivity index (χ1v) is 10.1. The first kappa shape index (κ1) is 19.5. The molecule has 1 aromatic carbocycles. The highest BCUT2D eigenvalue weighted by atomic mass is 16.3. The van der Waals surface area contributed by atoms with E-state index in [2.05, 4.69) is 11.8 Å². The highest BCUT2D eigenvalue weighted by Gasteiger charge is 2.43. The Bertz CT molecular complexity index is 893. The molecule has 5 rings (SSSR count). The van der Waals surface area contributed by atoms with Crippen molar-refractivity contribution >= 4 is 11.6 Å². The maximum absolute atomic E-state index is 12.4. The van der Waals surface area contributed by atoms with Crippen LogP contribution in [0.25, 0.3) is 0 Å². The zero-order chi connectivity index (χ0) is 20.7. The van der Waals surface area contributed by atoms with Crippen LogP contribution >= 0.6 is 0 Å². The summed E-state index contributed by atoms with van der Waals surface area (Å²) in [7, 11) is 3.99. The number of para-hydroxylation sites is 1. The van der Waals surface area contributed by atoms with E-state index in [1.807, 2.05) is 47.0 Å². The fraction of sp³-hybridized carbons (Fsp3) is 0.455. The van der Waals surface area contributed by atoms with Gasteiger partial charge in [-0.05, 0) is 27.1 Å². The standard InChI is InChI=1S/C12H13N3O2.C10H15NO/c16-9-7-8(13-1-2-13)12(17)11(15-5-6-15)10(9)14-3-4-14;1-8(11(2)3)9-6-4-5-7-10(9)12/h7H,1-6H2;4-8,12H,1-3H3. The van der Waals surface area contributed by atoms with Crippen LogP contribution in [0, 0.1) is 0 Å². The van der Waals surface area contributed by atoms with Crippen LogP contribution in [0.5, 0.6) is 5.75 Å². The van der Waals surface area contributed by atoms with Crippen molar-refractivity contribution in [3.8, 4) is 5.75 Å². The lowest BCUT2D eigenvalue weighted by atomic mass is 10.0. The lowest BCUT2D eigenvalue weighted by Crippen LogP contribution is -2.29. The van der Waals surface area contributed by atoms with E-state index >= 15 is 0 Å². The molecule has 0 spiro atoms. The van der Waals surface area contributed by atoms with E-state index < -0.39 is 0 Å². The van der Waals surface area contributed by atoms with Crippen LogP contribution in [0.4, 0.5) is 0 Å². The third-order valence-electron chi connectivity index (χ3n) is 5.65. The summed E-state index contributed by atoms with van der Waals surface area (Å²) in [6, 6.07) is 7.69. The molecule has 0 bridgehead atoms.